The van der Waals surface area contributed by atoms with E-state index in [1.807, 2.05) is 30.3 Å². The predicted octanol–water partition coefficient (Wildman–Crippen LogP) is 3.12. The zero-order valence-electron chi connectivity index (χ0n) is 11.5. The summed E-state index contributed by atoms with van der Waals surface area (Å²) in [5.41, 5.74) is 1.55. The Balaban J connectivity index is 2.21. The van der Waals surface area contributed by atoms with Gasteiger partial charge in [-0.05, 0) is 29.9 Å². The third-order valence-corrected chi connectivity index (χ3v) is 3.70. The van der Waals surface area contributed by atoms with Crippen molar-refractivity contribution in [3.05, 3.63) is 69.2 Å². The molecule has 0 unspecified atom stereocenters. The number of aromatic nitrogens is 2. The van der Waals surface area contributed by atoms with Gasteiger partial charge < -0.3 is 9.72 Å². The van der Waals surface area contributed by atoms with Crippen LogP contribution in [-0.4, -0.2) is 16.7 Å². The fraction of sp³-hybridized carbons (Fsp3) is 0.125. The van der Waals surface area contributed by atoms with E-state index in [0.29, 0.717) is 28.0 Å². The molecule has 106 valence electrons. The third kappa shape index (κ3) is 2.48. The second-order valence-electron chi connectivity index (χ2n) is 4.69. The van der Waals surface area contributed by atoms with Crippen LogP contribution in [0.4, 0.5) is 0 Å². The number of nitrogens with zero attached hydrogens (tertiary/aromatic N) is 1. The number of para-hydroxylation sites is 1. The van der Waals surface area contributed by atoms with Gasteiger partial charge in [-0.2, -0.15) is 0 Å². The lowest BCUT2D eigenvalue weighted by Crippen LogP contribution is -2.22. The molecule has 0 aliphatic carbocycles. The molecule has 1 N–H and O–H groups in total. The van der Waals surface area contributed by atoms with Crippen LogP contribution >= 0.6 is 12.2 Å². The fourth-order valence-electron chi connectivity index (χ4n) is 2.33. The lowest BCUT2D eigenvalue weighted by molar-refractivity contribution is 0.418. The molecular formula is C16H14N2O2S. The molecule has 21 heavy (non-hydrogen) atoms. The number of benzene rings is 2. The molecule has 0 spiro atoms. The second kappa shape index (κ2) is 5.54. The van der Waals surface area contributed by atoms with Crippen molar-refractivity contribution < 1.29 is 4.74 Å². The van der Waals surface area contributed by atoms with Gasteiger partial charge in [0.15, 0.2) is 4.77 Å². The topological polar surface area (TPSA) is 47.0 Å². The van der Waals surface area contributed by atoms with Crippen molar-refractivity contribution >= 4 is 23.1 Å². The lowest BCUT2D eigenvalue weighted by Gasteiger charge is -2.10. The second-order valence-corrected chi connectivity index (χ2v) is 5.08. The fourth-order valence-corrected chi connectivity index (χ4v) is 2.58. The monoisotopic (exact) mass is 298 g/mol. The van der Waals surface area contributed by atoms with E-state index < -0.39 is 0 Å². The maximum absolute atomic E-state index is 12.6. The standard InChI is InChI=1S/C16H14N2O2S/c1-20-13-9-5-8-12-14(13)17-16(21)18(15(12)19)10-11-6-3-2-4-7-11/h2-9H,10H2,1H3,(H,17,21). The number of H-pyrrole nitrogens is 1. The summed E-state index contributed by atoms with van der Waals surface area (Å²) in [4.78, 5) is 15.7. The van der Waals surface area contributed by atoms with Crippen LogP contribution in [0.2, 0.25) is 0 Å². The largest absolute Gasteiger partial charge is 0.495 e. The van der Waals surface area contributed by atoms with Crippen LogP contribution in [0.25, 0.3) is 10.9 Å². The molecule has 1 heterocycles. The van der Waals surface area contributed by atoms with Gasteiger partial charge in [-0.3, -0.25) is 9.36 Å². The number of nitrogens with one attached hydrogen (secondary N) is 1. The van der Waals surface area contributed by atoms with Gasteiger partial charge in [0.05, 0.1) is 24.6 Å². The molecule has 2 aromatic carbocycles. The number of aromatic amines is 1. The Morgan fingerprint density at radius 3 is 2.62 bits per heavy atom. The summed E-state index contributed by atoms with van der Waals surface area (Å²) in [5.74, 6) is 0.613. The first-order valence-electron chi connectivity index (χ1n) is 6.54. The predicted molar refractivity (Wildman–Crippen MR) is 85.5 cm³/mol. The van der Waals surface area contributed by atoms with E-state index in [4.69, 9.17) is 17.0 Å². The molecular weight excluding hydrogens is 284 g/mol. The Morgan fingerprint density at radius 2 is 1.90 bits per heavy atom. The van der Waals surface area contributed by atoms with Crippen molar-refractivity contribution in [2.45, 2.75) is 6.54 Å². The Morgan fingerprint density at radius 1 is 1.14 bits per heavy atom. The van der Waals surface area contributed by atoms with Crippen LogP contribution < -0.4 is 10.3 Å². The van der Waals surface area contributed by atoms with E-state index in [0.717, 1.165) is 5.56 Å². The first-order valence-corrected chi connectivity index (χ1v) is 6.95. The summed E-state index contributed by atoms with van der Waals surface area (Å²) in [7, 11) is 1.57. The molecule has 0 atom stereocenters. The summed E-state index contributed by atoms with van der Waals surface area (Å²) in [6.45, 7) is 0.447. The highest BCUT2D eigenvalue weighted by molar-refractivity contribution is 7.71. The van der Waals surface area contributed by atoms with E-state index in [9.17, 15) is 4.79 Å². The van der Waals surface area contributed by atoms with E-state index in [2.05, 4.69) is 4.98 Å². The average Bonchev–Trinajstić information content (AvgIpc) is 2.52. The Bertz CT molecular complexity index is 898. The Labute approximate surface area is 126 Å². The number of rotatable bonds is 3. The van der Waals surface area contributed by atoms with Crippen LogP contribution in [0.1, 0.15) is 5.56 Å². The molecule has 4 nitrogen and oxygen atoms in total. The molecule has 0 radical (unpaired) electrons. The number of ether oxygens (including phenoxy) is 1. The molecule has 0 amide bonds. The quantitative estimate of drug-likeness (QED) is 0.756. The van der Waals surface area contributed by atoms with Crippen molar-refractivity contribution in [3.8, 4) is 5.75 Å². The van der Waals surface area contributed by atoms with Crippen LogP contribution in [0, 0.1) is 4.77 Å². The maximum atomic E-state index is 12.6. The number of hydrogen-bond donors (Lipinski definition) is 1. The zero-order valence-corrected chi connectivity index (χ0v) is 12.3. The van der Waals surface area contributed by atoms with Crippen molar-refractivity contribution in [3.63, 3.8) is 0 Å². The highest BCUT2D eigenvalue weighted by atomic mass is 32.1. The van der Waals surface area contributed by atoms with Crippen molar-refractivity contribution in [2.75, 3.05) is 7.11 Å². The lowest BCUT2D eigenvalue weighted by atomic mass is 10.2. The molecule has 0 saturated carbocycles. The van der Waals surface area contributed by atoms with Gasteiger partial charge in [-0.25, -0.2) is 0 Å². The molecule has 3 rings (SSSR count). The minimum absolute atomic E-state index is 0.114. The zero-order chi connectivity index (χ0) is 14.8. The van der Waals surface area contributed by atoms with Gasteiger partial charge in [0.2, 0.25) is 0 Å². The highest BCUT2D eigenvalue weighted by Gasteiger charge is 2.09. The number of fused-ring (bicyclic) bond motifs is 1. The van der Waals surface area contributed by atoms with Crippen LogP contribution in [0.5, 0.6) is 5.75 Å². The Kier molecular flexibility index (Phi) is 3.58. The number of methoxy groups -OCH3 is 1. The summed E-state index contributed by atoms with van der Waals surface area (Å²) in [6.07, 6.45) is 0. The molecule has 5 heteroatoms. The Hall–Kier alpha value is -2.40. The SMILES string of the molecule is COc1cccc2c(=O)n(Cc3ccccc3)c(=S)[nH]c12. The summed E-state index contributed by atoms with van der Waals surface area (Å²) in [5, 5.41) is 0.568. The van der Waals surface area contributed by atoms with Crippen LogP contribution in [-0.2, 0) is 6.54 Å². The average molecular weight is 298 g/mol. The smallest absolute Gasteiger partial charge is 0.262 e. The molecule has 0 saturated heterocycles. The maximum Gasteiger partial charge on any atom is 0.262 e. The van der Waals surface area contributed by atoms with Gasteiger partial charge in [0.25, 0.3) is 5.56 Å². The van der Waals surface area contributed by atoms with Crippen molar-refractivity contribution in [2.24, 2.45) is 0 Å². The number of hydrogen-bond acceptors (Lipinski definition) is 3. The van der Waals surface area contributed by atoms with E-state index in [1.165, 1.54) is 0 Å². The summed E-state index contributed by atoms with van der Waals surface area (Å²) < 4.78 is 7.22. The van der Waals surface area contributed by atoms with Gasteiger partial charge in [-0.1, -0.05) is 36.4 Å². The van der Waals surface area contributed by atoms with Gasteiger partial charge in [0.1, 0.15) is 5.75 Å². The van der Waals surface area contributed by atoms with Crippen LogP contribution in [0.15, 0.2) is 53.3 Å². The minimum Gasteiger partial charge on any atom is -0.495 e. The third-order valence-electron chi connectivity index (χ3n) is 3.38. The van der Waals surface area contributed by atoms with Crippen molar-refractivity contribution in [1.82, 2.24) is 9.55 Å². The van der Waals surface area contributed by atoms with Gasteiger partial charge in [0, 0.05) is 0 Å². The molecule has 1 aromatic heterocycles. The summed E-state index contributed by atoms with van der Waals surface area (Å²) in [6, 6.07) is 15.1. The van der Waals surface area contributed by atoms with Crippen LogP contribution in [0.3, 0.4) is 0 Å². The minimum atomic E-state index is -0.114. The first kappa shape index (κ1) is 13.6. The normalized spacial score (nSPS) is 10.7. The molecule has 0 bridgehead atoms. The molecule has 0 aliphatic heterocycles. The molecule has 0 aliphatic rings. The van der Waals surface area contributed by atoms with Crippen molar-refractivity contribution in [1.29, 1.82) is 0 Å². The molecule has 0 fully saturated rings. The van der Waals surface area contributed by atoms with E-state index in [-0.39, 0.29) is 5.56 Å². The highest BCUT2D eigenvalue weighted by Crippen LogP contribution is 2.20. The van der Waals surface area contributed by atoms with Gasteiger partial charge in [-0.15, -0.1) is 0 Å². The van der Waals surface area contributed by atoms with Gasteiger partial charge >= 0.3 is 0 Å². The summed E-state index contributed by atoms with van der Waals surface area (Å²) >= 11 is 5.33. The molecule has 3 aromatic rings. The van der Waals surface area contributed by atoms with E-state index in [1.54, 1.807) is 29.9 Å². The first-order chi connectivity index (χ1) is 10.2. The van der Waals surface area contributed by atoms with E-state index >= 15 is 0 Å².